The number of hydrogen-bond acceptors (Lipinski definition) is 4. The number of rotatable bonds is 9. The highest BCUT2D eigenvalue weighted by atomic mass is 16.5. The molecular weight excluding hydrogens is 254 g/mol. The maximum atomic E-state index is 5.68. The lowest BCUT2D eigenvalue weighted by Gasteiger charge is -2.10. The fourth-order valence-corrected chi connectivity index (χ4v) is 1.89. The molecule has 1 aromatic carbocycles. The zero-order valence-corrected chi connectivity index (χ0v) is 11.8. The van der Waals surface area contributed by atoms with Crippen molar-refractivity contribution in [2.45, 2.75) is 13.0 Å². The average molecular weight is 275 g/mol. The summed E-state index contributed by atoms with van der Waals surface area (Å²) in [6.07, 6.45) is 4.83. The van der Waals surface area contributed by atoms with Crippen molar-refractivity contribution in [1.82, 2.24) is 15.1 Å². The molecule has 1 aromatic heterocycles. The highest BCUT2D eigenvalue weighted by Crippen LogP contribution is 2.25. The van der Waals surface area contributed by atoms with Crippen LogP contribution in [0.15, 0.2) is 42.7 Å². The van der Waals surface area contributed by atoms with Gasteiger partial charge in [-0.1, -0.05) is 12.1 Å². The van der Waals surface area contributed by atoms with Crippen LogP contribution in [0.4, 0.5) is 0 Å². The molecule has 0 saturated carbocycles. The van der Waals surface area contributed by atoms with Crippen LogP contribution in [0.25, 0.3) is 0 Å². The molecule has 20 heavy (non-hydrogen) atoms. The SMILES string of the molecule is COc1ccccc1OCCNCCCn1cccn1. The van der Waals surface area contributed by atoms with E-state index in [1.54, 1.807) is 13.3 Å². The van der Waals surface area contributed by atoms with E-state index in [9.17, 15) is 0 Å². The van der Waals surface area contributed by atoms with Crippen molar-refractivity contribution >= 4 is 0 Å². The Morgan fingerprint density at radius 3 is 2.75 bits per heavy atom. The molecule has 1 heterocycles. The zero-order valence-electron chi connectivity index (χ0n) is 11.8. The van der Waals surface area contributed by atoms with Gasteiger partial charge in [-0.2, -0.15) is 5.10 Å². The van der Waals surface area contributed by atoms with Gasteiger partial charge in [-0.3, -0.25) is 4.68 Å². The summed E-state index contributed by atoms with van der Waals surface area (Å²) < 4.78 is 12.8. The molecule has 0 aliphatic heterocycles. The Balaban J connectivity index is 1.55. The predicted molar refractivity (Wildman–Crippen MR) is 78.2 cm³/mol. The van der Waals surface area contributed by atoms with E-state index < -0.39 is 0 Å². The molecule has 2 aromatic rings. The smallest absolute Gasteiger partial charge is 0.161 e. The Kier molecular flexibility index (Phi) is 5.92. The lowest BCUT2D eigenvalue weighted by Crippen LogP contribution is -2.23. The molecule has 0 bridgehead atoms. The number of aromatic nitrogens is 2. The van der Waals surface area contributed by atoms with Gasteiger partial charge in [0.1, 0.15) is 6.61 Å². The van der Waals surface area contributed by atoms with Gasteiger partial charge in [0.25, 0.3) is 0 Å². The summed E-state index contributed by atoms with van der Waals surface area (Å²) in [5, 5.41) is 7.51. The summed E-state index contributed by atoms with van der Waals surface area (Å²) in [5.41, 5.74) is 0. The Hall–Kier alpha value is -2.01. The first-order valence-corrected chi connectivity index (χ1v) is 6.84. The molecule has 5 nitrogen and oxygen atoms in total. The van der Waals surface area contributed by atoms with Gasteiger partial charge >= 0.3 is 0 Å². The normalized spacial score (nSPS) is 10.4. The van der Waals surface area contributed by atoms with Gasteiger partial charge in [-0.25, -0.2) is 0 Å². The van der Waals surface area contributed by atoms with Crippen LogP contribution < -0.4 is 14.8 Å². The van der Waals surface area contributed by atoms with E-state index in [4.69, 9.17) is 9.47 Å². The molecule has 0 saturated heterocycles. The van der Waals surface area contributed by atoms with E-state index in [2.05, 4.69) is 10.4 Å². The number of hydrogen-bond donors (Lipinski definition) is 1. The Morgan fingerprint density at radius 2 is 2.00 bits per heavy atom. The summed E-state index contributed by atoms with van der Waals surface area (Å²) in [7, 11) is 1.65. The number of methoxy groups -OCH3 is 1. The topological polar surface area (TPSA) is 48.3 Å². The van der Waals surface area contributed by atoms with Crippen LogP contribution in [0.1, 0.15) is 6.42 Å². The van der Waals surface area contributed by atoms with Gasteiger partial charge in [0.05, 0.1) is 7.11 Å². The average Bonchev–Trinajstić information content (AvgIpc) is 3.00. The lowest BCUT2D eigenvalue weighted by atomic mass is 10.3. The summed E-state index contributed by atoms with van der Waals surface area (Å²) in [6.45, 7) is 3.34. The van der Waals surface area contributed by atoms with Crippen molar-refractivity contribution in [3.63, 3.8) is 0 Å². The van der Waals surface area contributed by atoms with Crippen LogP contribution in [0.2, 0.25) is 0 Å². The van der Waals surface area contributed by atoms with Gasteiger partial charge in [0.2, 0.25) is 0 Å². The maximum absolute atomic E-state index is 5.68. The molecule has 1 N–H and O–H groups in total. The van der Waals surface area contributed by atoms with Crippen molar-refractivity contribution in [3.8, 4) is 11.5 Å². The molecule has 108 valence electrons. The zero-order chi connectivity index (χ0) is 14.0. The minimum atomic E-state index is 0.627. The highest BCUT2D eigenvalue weighted by molar-refractivity contribution is 5.39. The number of nitrogens with one attached hydrogen (secondary N) is 1. The minimum Gasteiger partial charge on any atom is -0.493 e. The van der Waals surface area contributed by atoms with Gasteiger partial charge in [-0.15, -0.1) is 0 Å². The molecular formula is C15H21N3O2. The second-order valence-corrected chi connectivity index (χ2v) is 4.37. The fourth-order valence-electron chi connectivity index (χ4n) is 1.89. The first kappa shape index (κ1) is 14.4. The minimum absolute atomic E-state index is 0.627. The van der Waals surface area contributed by atoms with Crippen molar-refractivity contribution < 1.29 is 9.47 Å². The quantitative estimate of drug-likeness (QED) is 0.711. The number of para-hydroxylation sites is 2. The second kappa shape index (κ2) is 8.22. The molecule has 2 rings (SSSR count). The van der Waals surface area contributed by atoms with E-state index >= 15 is 0 Å². The summed E-state index contributed by atoms with van der Waals surface area (Å²) in [5.74, 6) is 1.56. The van der Waals surface area contributed by atoms with Crippen LogP contribution in [0.3, 0.4) is 0 Å². The third kappa shape index (κ3) is 4.59. The van der Waals surface area contributed by atoms with E-state index in [0.29, 0.717) is 6.61 Å². The molecule has 0 unspecified atom stereocenters. The highest BCUT2D eigenvalue weighted by Gasteiger charge is 2.01. The van der Waals surface area contributed by atoms with Crippen LogP contribution in [-0.2, 0) is 6.54 Å². The lowest BCUT2D eigenvalue weighted by molar-refractivity contribution is 0.292. The van der Waals surface area contributed by atoms with Crippen molar-refractivity contribution in [2.75, 3.05) is 26.8 Å². The summed E-state index contributed by atoms with van der Waals surface area (Å²) in [6, 6.07) is 9.62. The van der Waals surface area contributed by atoms with E-state index in [-0.39, 0.29) is 0 Å². The third-order valence-corrected chi connectivity index (χ3v) is 2.91. The van der Waals surface area contributed by atoms with Crippen LogP contribution in [-0.4, -0.2) is 36.6 Å². The molecule has 0 fully saturated rings. The van der Waals surface area contributed by atoms with Crippen molar-refractivity contribution in [1.29, 1.82) is 0 Å². The molecule has 0 aliphatic rings. The second-order valence-electron chi connectivity index (χ2n) is 4.37. The van der Waals surface area contributed by atoms with Crippen LogP contribution in [0.5, 0.6) is 11.5 Å². The molecule has 0 atom stereocenters. The molecule has 0 radical (unpaired) electrons. The fraction of sp³-hybridized carbons (Fsp3) is 0.400. The molecule has 5 heteroatoms. The molecule has 0 amide bonds. The first-order valence-electron chi connectivity index (χ1n) is 6.84. The maximum Gasteiger partial charge on any atom is 0.161 e. The van der Waals surface area contributed by atoms with E-state index in [0.717, 1.165) is 37.6 Å². The van der Waals surface area contributed by atoms with Gasteiger partial charge in [0.15, 0.2) is 11.5 Å². The largest absolute Gasteiger partial charge is 0.493 e. The number of nitrogens with zero attached hydrogens (tertiary/aromatic N) is 2. The van der Waals surface area contributed by atoms with Gasteiger partial charge < -0.3 is 14.8 Å². The monoisotopic (exact) mass is 275 g/mol. The molecule has 0 aliphatic carbocycles. The Labute approximate surface area is 119 Å². The van der Waals surface area contributed by atoms with Crippen LogP contribution in [0, 0.1) is 0 Å². The van der Waals surface area contributed by atoms with Gasteiger partial charge in [-0.05, 0) is 31.2 Å². The summed E-state index contributed by atoms with van der Waals surface area (Å²) in [4.78, 5) is 0. The first-order chi connectivity index (χ1) is 9.90. The summed E-state index contributed by atoms with van der Waals surface area (Å²) >= 11 is 0. The van der Waals surface area contributed by atoms with Crippen LogP contribution >= 0.6 is 0 Å². The number of ether oxygens (including phenoxy) is 2. The van der Waals surface area contributed by atoms with E-state index in [1.165, 1.54) is 0 Å². The number of aryl methyl sites for hydroxylation is 1. The molecule has 0 spiro atoms. The van der Waals surface area contributed by atoms with Crippen molar-refractivity contribution in [3.05, 3.63) is 42.7 Å². The van der Waals surface area contributed by atoms with Crippen molar-refractivity contribution in [2.24, 2.45) is 0 Å². The Morgan fingerprint density at radius 1 is 1.15 bits per heavy atom. The standard InChI is InChI=1S/C15H21N3O2/c1-19-14-6-2-3-7-15(14)20-13-10-16-8-4-11-18-12-5-9-17-18/h2-3,5-7,9,12,16H,4,8,10-11,13H2,1H3. The predicted octanol–water partition coefficient (Wildman–Crippen LogP) is 1.95. The number of benzene rings is 1. The van der Waals surface area contributed by atoms with E-state index in [1.807, 2.05) is 41.2 Å². The third-order valence-electron chi connectivity index (χ3n) is 2.91. The Bertz CT molecular complexity index is 486. The van der Waals surface area contributed by atoms with Gasteiger partial charge in [0, 0.05) is 25.5 Å².